The average molecular weight is 773 g/mol. The minimum atomic E-state index is -4.78. The summed E-state index contributed by atoms with van der Waals surface area (Å²) in [6.07, 6.45) is 0. The summed E-state index contributed by atoms with van der Waals surface area (Å²) < 4.78 is 71.5. The Morgan fingerprint density at radius 1 is 0.407 bits per heavy atom. The van der Waals surface area contributed by atoms with Crippen molar-refractivity contribution in [3.05, 3.63) is 133 Å². The average Bonchev–Trinajstić information content (AvgIpc) is 3.14. The Bertz CT molecular complexity index is 2610. The maximum atomic E-state index is 11.9. The topological polar surface area (TPSA) is 216 Å². The number of fused-ring (bicyclic) bond motifs is 2. The van der Waals surface area contributed by atoms with Gasteiger partial charge >= 0.3 is 59.1 Å². The van der Waals surface area contributed by atoms with Crippen molar-refractivity contribution in [2.75, 3.05) is 11.5 Å². The monoisotopic (exact) mass is 772 g/mol. The van der Waals surface area contributed by atoms with E-state index in [2.05, 4.69) is 20.5 Å². The molecule has 4 N–H and O–H groups in total. The molecule has 0 atom stereocenters. The van der Waals surface area contributed by atoms with Gasteiger partial charge in [0.1, 0.15) is 31.6 Å². The van der Waals surface area contributed by atoms with Crippen LogP contribution < -0.4 is 70.6 Å². The van der Waals surface area contributed by atoms with Crippen LogP contribution in [-0.4, -0.2) is 25.9 Å². The van der Waals surface area contributed by atoms with Gasteiger partial charge in [0.15, 0.2) is 0 Å². The summed E-state index contributed by atoms with van der Waals surface area (Å²) >= 11 is 0. The number of benzene rings is 7. The molecular weight excluding hydrogens is 747 g/mol. The molecule has 7 rings (SSSR count). The van der Waals surface area contributed by atoms with Crippen molar-refractivity contribution in [1.82, 2.24) is 0 Å². The molecule has 0 spiro atoms. The van der Waals surface area contributed by atoms with Gasteiger partial charge in [0.25, 0.3) is 0 Å². The van der Waals surface area contributed by atoms with Crippen LogP contribution in [0, 0.1) is 0 Å². The quantitative estimate of drug-likeness (QED) is 0.101. The van der Waals surface area contributed by atoms with Gasteiger partial charge in [0, 0.05) is 21.5 Å². The van der Waals surface area contributed by atoms with Crippen molar-refractivity contribution in [2.24, 2.45) is 20.5 Å². The molecule has 0 saturated carbocycles. The zero-order valence-corrected chi connectivity index (χ0v) is 34.5. The van der Waals surface area contributed by atoms with Crippen LogP contribution in [0.25, 0.3) is 43.8 Å². The molecule has 0 aliphatic rings. The van der Waals surface area contributed by atoms with E-state index in [0.717, 1.165) is 34.4 Å². The van der Waals surface area contributed by atoms with Gasteiger partial charge in [-0.25, -0.2) is 16.8 Å². The fourth-order valence-corrected chi connectivity index (χ4v) is 7.21. The minimum absolute atomic E-state index is 0. The Labute approximate surface area is 355 Å². The van der Waals surface area contributed by atoms with Crippen molar-refractivity contribution in [3.8, 4) is 22.3 Å². The number of hydrogen-bond acceptors (Lipinski definition) is 12. The van der Waals surface area contributed by atoms with E-state index >= 15 is 0 Å². The van der Waals surface area contributed by atoms with Gasteiger partial charge in [0.2, 0.25) is 0 Å². The predicted octanol–water partition coefficient (Wildman–Crippen LogP) is 3.14. The molecule has 0 aromatic heterocycles. The zero-order valence-electron chi connectivity index (χ0n) is 28.9. The van der Waals surface area contributed by atoms with Crippen LogP contribution in [-0.2, 0) is 20.2 Å². The minimum Gasteiger partial charge on any atom is -0.744 e. The number of anilines is 2. The van der Waals surface area contributed by atoms with E-state index in [1.807, 2.05) is 48.5 Å². The second kappa shape index (κ2) is 16.6. The summed E-state index contributed by atoms with van der Waals surface area (Å²) in [6.45, 7) is 0. The predicted molar refractivity (Wildman–Crippen MR) is 198 cm³/mol. The van der Waals surface area contributed by atoms with Crippen molar-refractivity contribution in [1.29, 1.82) is 0 Å². The van der Waals surface area contributed by atoms with Gasteiger partial charge in [-0.15, -0.1) is 10.2 Å². The molecule has 54 heavy (non-hydrogen) atoms. The molecule has 0 bridgehead atoms. The molecule has 0 heterocycles. The number of nitrogen functional groups attached to an aromatic ring is 2. The third kappa shape index (κ3) is 8.64. The Kier molecular flexibility index (Phi) is 12.6. The number of nitrogens with two attached hydrogens (primary N) is 2. The Morgan fingerprint density at radius 3 is 0.981 bits per heavy atom. The Balaban J connectivity index is 0.00000280. The van der Waals surface area contributed by atoms with Crippen LogP contribution in [0.2, 0.25) is 0 Å². The number of nitrogens with zero attached hydrogens (tertiary/aromatic N) is 4. The first-order valence-electron chi connectivity index (χ1n) is 15.6. The van der Waals surface area contributed by atoms with Gasteiger partial charge in [-0.3, -0.25) is 0 Å². The van der Waals surface area contributed by atoms with Crippen LogP contribution in [0.5, 0.6) is 0 Å². The van der Waals surface area contributed by atoms with Gasteiger partial charge in [-0.1, -0.05) is 97.1 Å². The maximum absolute atomic E-state index is 11.9. The van der Waals surface area contributed by atoms with E-state index < -0.39 is 30.0 Å². The summed E-state index contributed by atoms with van der Waals surface area (Å²) in [7, 11) is -9.56. The second-order valence-corrected chi connectivity index (χ2v) is 14.4. The Hall–Kier alpha value is -4.32. The third-order valence-electron chi connectivity index (χ3n) is 8.42. The zero-order chi connectivity index (χ0) is 36.6. The van der Waals surface area contributed by atoms with E-state index in [1.165, 1.54) is 12.1 Å². The van der Waals surface area contributed by atoms with Gasteiger partial charge in [0.05, 0.1) is 32.5 Å². The molecule has 258 valence electrons. The number of hydrogen-bond donors (Lipinski definition) is 2. The SMILES string of the molecule is Nc1c(N=Nc2ccc(-c3ccc(-c4ccc(N=Nc5cc(S(=O)(=O)[O-])c6ccccc6c5N)cc4)cc3)cc2)cc(S(=O)(=O)[O-])c2ccccc12.[Na+].[Na+]. The first kappa shape index (κ1) is 40.9. The van der Waals surface area contributed by atoms with E-state index in [1.54, 1.807) is 60.7 Å². The molecule has 0 radical (unpaired) electrons. The summed E-state index contributed by atoms with van der Waals surface area (Å²) in [6, 6.07) is 37.6. The van der Waals surface area contributed by atoms with Crippen LogP contribution in [0.3, 0.4) is 0 Å². The molecule has 0 fully saturated rings. The van der Waals surface area contributed by atoms with Gasteiger partial charge in [-0.2, -0.15) is 10.2 Å². The molecule has 7 aromatic rings. The van der Waals surface area contributed by atoms with Crippen molar-refractivity contribution >= 4 is 75.9 Å². The first-order valence-corrected chi connectivity index (χ1v) is 18.4. The fraction of sp³-hybridized carbons (Fsp3) is 0. The van der Waals surface area contributed by atoms with E-state index in [9.17, 15) is 25.9 Å². The molecule has 0 saturated heterocycles. The summed E-state index contributed by atoms with van der Waals surface area (Å²) in [5, 5.41) is 18.0. The second-order valence-electron chi connectivity index (χ2n) is 11.7. The maximum Gasteiger partial charge on any atom is 1.00 e. The van der Waals surface area contributed by atoms with E-state index in [0.29, 0.717) is 22.1 Å². The molecule has 16 heteroatoms. The third-order valence-corrected chi connectivity index (χ3v) is 10.2. The first-order chi connectivity index (χ1) is 24.9. The number of azo groups is 2. The standard InChI is InChI=1S/C38H28N6O6S2.2Na/c39-37-31-7-3-1-5-29(31)35(51(45,46)47)21-33(37)43-41-27-17-13-25(14-18-27)23-9-11-24(12-10-23)26-15-19-28(20-16-26)42-44-34-22-36(52(48,49)50)30-6-2-4-8-32(30)38(34)40;;/h1-22H,39-40H2,(H,45,46,47)(H,48,49,50);;/q;2*+1/p-2. The van der Waals surface area contributed by atoms with Gasteiger partial charge < -0.3 is 20.6 Å². The normalized spacial score (nSPS) is 11.9. The molecular formula is C38H26N6Na2O6S2. The number of rotatable bonds is 8. The van der Waals surface area contributed by atoms with E-state index in [-0.39, 0.29) is 92.6 Å². The largest absolute Gasteiger partial charge is 1.00 e. The molecule has 7 aromatic carbocycles. The van der Waals surface area contributed by atoms with Crippen LogP contribution >= 0.6 is 0 Å². The van der Waals surface area contributed by atoms with Crippen LogP contribution in [0.4, 0.5) is 34.1 Å². The smallest absolute Gasteiger partial charge is 0.744 e. The molecule has 12 nitrogen and oxygen atoms in total. The van der Waals surface area contributed by atoms with Gasteiger partial charge in [-0.05, 0) is 58.7 Å². The molecule has 0 amide bonds. The van der Waals surface area contributed by atoms with Crippen molar-refractivity contribution < 1.29 is 85.1 Å². The van der Waals surface area contributed by atoms with Crippen LogP contribution in [0.15, 0.2) is 164 Å². The molecule has 0 unspecified atom stereocenters. The fourth-order valence-electron chi connectivity index (χ4n) is 5.80. The molecule has 0 aliphatic carbocycles. The molecule has 0 aliphatic heterocycles. The summed E-state index contributed by atoms with van der Waals surface area (Å²) in [5.74, 6) is 0. The summed E-state index contributed by atoms with van der Waals surface area (Å²) in [5.41, 5.74) is 17.8. The van der Waals surface area contributed by atoms with Crippen molar-refractivity contribution in [2.45, 2.75) is 9.79 Å². The summed E-state index contributed by atoms with van der Waals surface area (Å²) in [4.78, 5) is -0.822. The van der Waals surface area contributed by atoms with Crippen molar-refractivity contribution in [3.63, 3.8) is 0 Å². The Morgan fingerprint density at radius 2 is 0.685 bits per heavy atom. The van der Waals surface area contributed by atoms with E-state index in [4.69, 9.17) is 11.5 Å². The van der Waals surface area contributed by atoms with Crippen LogP contribution in [0.1, 0.15) is 0 Å².